The predicted molar refractivity (Wildman–Crippen MR) is 122 cm³/mol. The Bertz CT molecular complexity index is 1120. The van der Waals surface area contributed by atoms with Crippen molar-refractivity contribution in [2.75, 3.05) is 32.2 Å². The number of aliphatic imine (C=N–C) groups is 1. The fourth-order valence-corrected chi connectivity index (χ4v) is 5.60. The van der Waals surface area contributed by atoms with Crippen LogP contribution in [-0.2, 0) is 29.3 Å². The fraction of sp³-hybridized carbons (Fsp3) is 0.440. The lowest BCUT2D eigenvalue weighted by Gasteiger charge is -2.48. The Kier molecular flexibility index (Phi) is 5.11. The van der Waals surface area contributed by atoms with Gasteiger partial charge in [0.2, 0.25) is 5.91 Å². The monoisotopic (exact) mass is 449 g/mol. The molecule has 1 saturated carbocycles. The summed E-state index contributed by atoms with van der Waals surface area (Å²) in [6.45, 7) is 4.93. The van der Waals surface area contributed by atoms with Crippen LogP contribution < -0.4 is 4.90 Å². The van der Waals surface area contributed by atoms with Crippen LogP contribution in [0, 0.1) is 5.92 Å². The number of nitrogens with zero attached hydrogens (tertiary/aromatic N) is 3. The van der Waals surface area contributed by atoms with Crippen LogP contribution in [0.4, 0.5) is 5.69 Å². The Balaban J connectivity index is 1.82. The van der Waals surface area contributed by atoms with E-state index in [9.17, 15) is 14.4 Å². The maximum absolute atomic E-state index is 13.2. The number of ether oxygens (including phenoxy) is 2. The minimum atomic E-state index is -0.760. The number of piperidine rings is 1. The van der Waals surface area contributed by atoms with Crippen LogP contribution >= 0.6 is 0 Å². The number of likely N-dealkylation sites (tertiary alicyclic amines) is 1. The molecule has 3 heterocycles. The second kappa shape index (κ2) is 7.86. The Hall–Kier alpha value is -3.42. The smallest absolute Gasteiger partial charge is 0.357 e. The number of amidine groups is 1. The number of amides is 1. The molecule has 3 aliphatic heterocycles. The quantitative estimate of drug-likeness (QED) is 0.489. The summed E-state index contributed by atoms with van der Waals surface area (Å²) in [6.07, 6.45) is 4.72. The van der Waals surface area contributed by atoms with Crippen LogP contribution in [0.25, 0.3) is 0 Å². The third-order valence-electron chi connectivity index (χ3n) is 7.16. The summed E-state index contributed by atoms with van der Waals surface area (Å²) in [6, 6.07) is 7.36. The molecule has 0 radical (unpaired) electrons. The largest absolute Gasteiger partial charge is 0.466 e. The Morgan fingerprint density at radius 3 is 2.61 bits per heavy atom. The first kappa shape index (κ1) is 21.4. The van der Waals surface area contributed by atoms with Crippen LogP contribution in [0.2, 0.25) is 0 Å². The first-order valence-electron chi connectivity index (χ1n) is 11.2. The fourth-order valence-electron chi connectivity index (χ4n) is 5.60. The van der Waals surface area contributed by atoms with E-state index in [0.717, 1.165) is 24.1 Å². The van der Waals surface area contributed by atoms with Gasteiger partial charge in [0, 0.05) is 25.2 Å². The van der Waals surface area contributed by atoms with Gasteiger partial charge in [0.1, 0.15) is 5.84 Å². The second-order valence-corrected chi connectivity index (χ2v) is 8.96. The van der Waals surface area contributed by atoms with Gasteiger partial charge < -0.3 is 14.4 Å². The van der Waals surface area contributed by atoms with Crippen molar-refractivity contribution in [3.8, 4) is 0 Å². The van der Waals surface area contributed by atoms with Crippen molar-refractivity contribution in [2.24, 2.45) is 10.9 Å². The minimum Gasteiger partial charge on any atom is -0.466 e. The molecule has 33 heavy (non-hydrogen) atoms. The molecule has 8 nitrogen and oxygen atoms in total. The number of carbonyl (C=O) groups excluding carboxylic acids is 3. The zero-order valence-electron chi connectivity index (χ0n) is 18.9. The highest BCUT2D eigenvalue weighted by Gasteiger charge is 2.63. The Morgan fingerprint density at radius 1 is 1.21 bits per heavy atom. The number of para-hydroxylation sites is 1. The van der Waals surface area contributed by atoms with Crippen LogP contribution in [0.15, 0.2) is 53.2 Å². The summed E-state index contributed by atoms with van der Waals surface area (Å²) < 4.78 is 10.2. The molecular formula is C25H27N3O5. The average Bonchev–Trinajstić information content (AvgIpc) is 3.62. The molecule has 8 heteroatoms. The third kappa shape index (κ3) is 3.03. The summed E-state index contributed by atoms with van der Waals surface area (Å²) >= 11 is 0. The number of rotatable bonds is 6. The van der Waals surface area contributed by atoms with Gasteiger partial charge in [-0.3, -0.25) is 9.69 Å². The van der Waals surface area contributed by atoms with Crippen molar-refractivity contribution in [1.29, 1.82) is 0 Å². The minimum absolute atomic E-state index is 0.00425. The lowest BCUT2D eigenvalue weighted by atomic mass is 9.65. The number of fused-ring (bicyclic) bond motifs is 1. The van der Waals surface area contributed by atoms with Gasteiger partial charge in [-0.25, -0.2) is 14.6 Å². The molecule has 0 bridgehead atoms. The molecule has 0 unspecified atom stereocenters. The first-order valence-corrected chi connectivity index (χ1v) is 11.2. The van der Waals surface area contributed by atoms with E-state index in [-0.39, 0.29) is 17.2 Å². The van der Waals surface area contributed by atoms with E-state index in [4.69, 9.17) is 14.5 Å². The molecule has 2 fully saturated rings. The van der Waals surface area contributed by atoms with Crippen molar-refractivity contribution in [3.63, 3.8) is 0 Å². The zero-order valence-corrected chi connectivity index (χ0v) is 18.9. The summed E-state index contributed by atoms with van der Waals surface area (Å²) in [5.41, 5.74) is 1.23. The highest BCUT2D eigenvalue weighted by atomic mass is 16.5. The van der Waals surface area contributed by atoms with Crippen LogP contribution in [0.3, 0.4) is 0 Å². The van der Waals surface area contributed by atoms with Gasteiger partial charge >= 0.3 is 11.9 Å². The van der Waals surface area contributed by atoms with E-state index in [1.807, 2.05) is 24.3 Å². The lowest BCUT2D eigenvalue weighted by Crippen LogP contribution is -2.63. The Labute approximate surface area is 192 Å². The predicted octanol–water partition coefficient (Wildman–Crippen LogP) is 2.34. The average molecular weight is 450 g/mol. The van der Waals surface area contributed by atoms with E-state index in [0.29, 0.717) is 37.7 Å². The van der Waals surface area contributed by atoms with Crippen molar-refractivity contribution in [3.05, 3.63) is 53.8 Å². The highest BCUT2D eigenvalue weighted by molar-refractivity contribution is 6.15. The van der Waals surface area contributed by atoms with E-state index in [1.165, 1.54) is 14.2 Å². The number of carbonyl (C=O) groups is 3. The number of anilines is 1. The van der Waals surface area contributed by atoms with Crippen LogP contribution in [-0.4, -0.2) is 61.9 Å². The summed E-state index contributed by atoms with van der Waals surface area (Å²) in [7, 11) is 2.55. The highest BCUT2D eigenvalue weighted by Crippen LogP contribution is 2.56. The van der Waals surface area contributed by atoms with Crippen molar-refractivity contribution < 1.29 is 23.9 Å². The molecule has 1 aromatic carbocycles. The number of hydrogen-bond acceptors (Lipinski definition) is 7. The van der Waals surface area contributed by atoms with E-state index < -0.39 is 23.4 Å². The van der Waals surface area contributed by atoms with Gasteiger partial charge in [-0.05, 0) is 36.8 Å². The van der Waals surface area contributed by atoms with Gasteiger partial charge in [-0.2, -0.15) is 0 Å². The summed E-state index contributed by atoms with van der Waals surface area (Å²) in [4.78, 5) is 47.7. The zero-order chi connectivity index (χ0) is 23.3. The lowest BCUT2D eigenvalue weighted by molar-refractivity contribution is -0.140. The molecule has 172 valence electrons. The number of benzene rings is 1. The molecule has 0 aromatic heterocycles. The van der Waals surface area contributed by atoms with Gasteiger partial charge in [0.25, 0.3) is 0 Å². The van der Waals surface area contributed by atoms with E-state index >= 15 is 0 Å². The van der Waals surface area contributed by atoms with Crippen LogP contribution in [0.1, 0.15) is 31.2 Å². The maximum atomic E-state index is 13.2. The van der Waals surface area contributed by atoms with Gasteiger partial charge in [0.15, 0.2) is 5.70 Å². The molecule has 0 N–H and O–H groups in total. The Morgan fingerprint density at radius 2 is 1.94 bits per heavy atom. The summed E-state index contributed by atoms with van der Waals surface area (Å²) in [5, 5.41) is 0. The van der Waals surface area contributed by atoms with Crippen molar-refractivity contribution >= 4 is 29.4 Å². The van der Waals surface area contributed by atoms with Gasteiger partial charge in [-0.1, -0.05) is 24.3 Å². The molecule has 1 spiro atoms. The maximum Gasteiger partial charge on any atom is 0.357 e. The SMILES string of the molecule is C=CCN1c2ccccc2[C@]23CCC(=O)N(CC4CC4)C2=NC(C(=O)OC)=C(C(=O)OC)[C@H]13. The molecule has 1 aromatic rings. The molecule has 4 aliphatic rings. The molecule has 5 rings (SSSR count). The van der Waals surface area contributed by atoms with Crippen molar-refractivity contribution in [2.45, 2.75) is 37.1 Å². The first-order chi connectivity index (χ1) is 16.0. The topological polar surface area (TPSA) is 88.5 Å². The molecule has 1 aliphatic carbocycles. The molecule has 1 saturated heterocycles. The standard InChI is InChI=1S/C25H27N3O5/c1-4-13-27-17-8-6-5-7-16(17)25-12-11-18(29)28(14-15-9-10-15)24(25)26-20(23(31)33-3)19(21(25)27)22(30)32-2/h4-8,15,21H,1,9-14H2,2-3H3/t21-,25-/m0/s1. The van der Waals surface area contributed by atoms with Crippen LogP contribution in [0.5, 0.6) is 0 Å². The normalized spacial score (nSPS) is 25.7. The van der Waals surface area contributed by atoms with Gasteiger partial charge in [0.05, 0.1) is 31.2 Å². The van der Waals surface area contributed by atoms with Gasteiger partial charge in [-0.15, -0.1) is 6.58 Å². The number of esters is 2. The number of methoxy groups -OCH3 is 2. The summed E-state index contributed by atoms with van der Waals surface area (Å²) in [5.74, 6) is -0.401. The second-order valence-electron chi connectivity index (χ2n) is 8.96. The third-order valence-corrected chi connectivity index (χ3v) is 7.16. The molecular weight excluding hydrogens is 422 g/mol. The van der Waals surface area contributed by atoms with Crippen molar-refractivity contribution in [1.82, 2.24) is 4.90 Å². The molecule has 1 amide bonds. The van der Waals surface area contributed by atoms with E-state index in [2.05, 4.69) is 11.5 Å². The number of hydrogen-bond donors (Lipinski definition) is 0. The molecule has 2 atom stereocenters. The van der Waals surface area contributed by atoms with E-state index in [1.54, 1.807) is 11.0 Å².